The highest BCUT2D eigenvalue weighted by Gasteiger charge is 2.19. The van der Waals surface area contributed by atoms with Gasteiger partial charge in [-0.25, -0.2) is 4.79 Å². The molecule has 8 heteroatoms. The Kier molecular flexibility index (Phi) is 5.36. The Hall–Kier alpha value is -2.38. The van der Waals surface area contributed by atoms with Crippen molar-refractivity contribution in [3.63, 3.8) is 0 Å². The molecule has 0 spiro atoms. The van der Waals surface area contributed by atoms with E-state index in [2.05, 4.69) is 15.7 Å². The number of aryl methyl sites for hydroxylation is 2. The topological polar surface area (TPSA) is 96.3 Å². The van der Waals surface area contributed by atoms with Gasteiger partial charge in [0.05, 0.1) is 11.3 Å². The van der Waals surface area contributed by atoms with Gasteiger partial charge in [-0.3, -0.25) is 14.3 Å². The minimum Gasteiger partial charge on any atom is -0.354 e. The van der Waals surface area contributed by atoms with E-state index in [0.29, 0.717) is 44.0 Å². The summed E-state index contributed by atoms with van der Waals surface area (Å²) in [5.74, 6) is -0.110. The van der Waals surface area contributed by atoms with Crippen molar-refractivity contribution in [1.29, 1.82) is 0 Å². The van der Waals surface area contributed by atoms with Crippen LogP contribution < -0.4 is 10.6 Å². The lowest BCUT2D eigenvalue weighted by atomic mass is 10.1. The number of nitrogens with one attached hydrogen (secondary N) is 2. The van der Waals surface area contributed by atoms with E-state index in [0.717, 1.165) is 5.69 Å². The second-order valence-corrected chi connectivity index (χ2v) is 5.64. The fraction of sp³-hybridized carbons (Fsp3) is 0.600. The minimum atomic E-state index is -0.0958. The van der Waals surface area contributed by atoms with Crippen LogP contribution in [0.2, 0.25) is 0 Å². The third-order valence-electron chi connectivity index (χ3n) is 3.93. The van der Waals surface area contributed by atoms with E-state index in [-0.39, 0.29) is 24.1 Å². The molecular weight excluding hydrogens is 298 g/mol. The molecule has 2 rings (SSSR count). The lowest BCUT2D eigenvalue weighted by molar-refractivity contribution is -0.121. The van der Waals surface area contributed by atoms with Crippen molar-refractivity contribution < 1.29 is 14.4 Å². The monoisotopic (exact) mass is 321 g/mol. The van der Waals surface area contributed by atoms with Crippen molar-refractivity contribution in [2.24, 2.45) is 0 Å². The normalized spacial score (nSPS) is 14.0. The van der Waals surface area contributed by atoms with Crippen LogP contribution in [0.5, 0.6) is 0 Å². The molecular formula is C15H23N5O3. The number of hydrogen-bond donors (Lipinski definition) is 2. The Morgan fingerprint density at radius 2 is 2.04 bits per heavy atom. The second-order valence-electron chi connectivity index (χ2n) is 5.64. The van der Waals surface area contributed by atoms with Gasteiger partial charge in [0.1, 0.15) is 0 Å². The zero-order chi connectivity index (χ0) is 17.0. The first kappa shape index (κ1) is 17.0. The fourth-order valence-electron chi connectivity index (χ4n) is 2.77. The zero-order valence-corrected chi connectivity index (χ0v) is 13.8. The summed E-state index contributed by atoms with van der Waals surface area (Å²) in [5, 5.41) is 9.82. The number of nitrogens with zero attached hydrogens (tertiary/aromatic N) is 3. The SMILES string of the molecule is CC(=O)c1c(C)nn(CCC(=O)NCCN2CCNC2=O)c1C. The van der Waals surface area contributed by atoms with E-state index in [1.807, 2.05) is 6.92 Å². The van der Waals surface area contributed by atoms with E-state index in [1.165, 1.54) is 6.92 Å². The molecule has 0 unspecified atom stereocenters. The highest BCUT2D eigenvalue weighted by atomic mass is 16.2. The van der Waals surface area contributed by atoms with Crippen LogP contribution in [0, 0.1) is 13.8 Å². The van der Waals surface area contributed by atoms with E-state index in [1.54, 1.807) is 16.5 Å². The first-order valence-electron chi connectivity index (χ1n) is 7.74. The molecule has 1 aromatic heterocycles. The molecule has 0 saturated carbocycles. The molecule has 3 amide bonds. The highest BCUT2D eigenvalue weighted by Crippen LogP contribution is 2.13. The molecule has 1 aliphatic heterocycles. The number of hydrogen-bond acceptors (Lipinski definition) is 4. The van der Waals surface area contributed by atoms with Gasteiger partial charge < -0.3 is 15.5 Å². The molecule has 0 aliphatic carbocycles. The molecule has 1 saturated heterocycles. The predicted molar refractivity (Wildman–Crippen MR) is 84.3 cm³/mol. The largest absolute Gasteiger partial charge is 0.354 e. The quantitative estimate of drug-likeness (QED) is 0.703. The van der Waals surface area contributed by atoms with Gasteiger partial charge in [-0.2, -0.15) is 5.10 Å². The molecule has 1 fully saturated rings. The van der Waals surface area contributed by atoms with E-state index in [9.17, 15) is 14.4 Å². The van der Waals surface area contributed by atoms with Crippen molar-refractivity contribution in [2.45, 2.75) is 33.7 Å². The van der Waals surface area contributed by atoms with Crippen LogP contribution in [0.25, 0.3) is 0 Å². The Bertz CT molecular complexity index is 623. The van der Waals surface area contributed by atoms with Crippen LogP contribution in [-0.4, -0.2) is 58.6 Å². The number of Topliss-reactive ketones (excluding diaryl/α,β-unsaturated/α-hetero) is 1. The average Bonchev–Trinajstić information content (AvgIpc) is 3.00. The maximum Gasteiger partial charge on any atom is 0.317 e. The molecule has 2 N–H and O–H groups in total. The van der Waals surface area contributed by atoms with Crippen LogP contribution >= 0.6 is 0 Å². The van der Waals surface area contributed by atoms with Crippen LogP contribution in [-0.2, 0) is 11.3 Å². The summed E-state index contributed by atoms with van der Waals surface area (Å²) >= 11 is 0. The molecule has 0 radical (unpaired) electrons. The number of carbonyl (C=O) groups is 3. The maximum absolute atomic E-state index is 11.9. The van der Waals surface area contributed by atoms with Gasteiger partial charge in [0.15, 0.2) is 5.78 Å². The van der Waals surface area contributed by atoms with Crippen LogP contribution in [0.1, 0.15) is 35.1 Å². The smallest absolute Gasteiger partial charge is 0.317 e. The van der Waals surface area contributed by atoms with Gasteiger partial charge in [-0.1, -0.05) is 0 Å². The summed E-state index contributed by atoms with van der Waals surface area (Å²) in [7, 11) is 0. The molecule has 23 heavy (non-hydrogen) atoms. The van der Waals surface area contributed by atoms with Crippen molar-refractivity contribution in [2.75, 3.05) is 26.2 Å². The lowest BCUT2D eigenvalue weighted by Crippen LogP contribution is -2.37. The maximum atomic E-state index is 11.9. The number of carbonyl (C=O) groups excluding carboxylic acids is 3. The van der Waals surface area contributed by atoms with Gasteiger partial charge in [0.25, 0.3) is 0 Å². The molecule has 8 nitrogen and oxygen atoms in total. The van der Waals surface area contributed by atoms with Crippen molar-refractivity contribution in [1.82, 2.24) is 25.3 Å². The summed E-state index contributed by atoms with van der Waals surface area (Å²) in [6.07, 6.45) is 0.283. The van der Waals surface area contributed by atoms with E-state index in [4.69, 9.17) is 0 Å². The number of rotatable bonds is 7. The zero-order valence-electron chi connectivity index (χ0n) is 13.8. The first-order chi connectivity index (χ1) is 10.9. The van der Waals surface area contributed by atoms with Crippen LogP contribution in [0.4, 0.5) is 4.79 Å². The number of amides is 3. The minimum absolute atomic E-state index is 0.0143. The third-order valence-corrected chi connectivity index (χ3v) is 3.93. The molecule has 0 aromatic carbocycles. The second kappa shape index (κ2) is 7.26. The Morgan fingerprint density at radius 1 is 1.30 bits per heavy atom. The van der Waals surface area contributed by atoms with E-state index < -0.39 is 0 Å². The summed E-state index contributed by atoms with van der Waals surface area (Å²) in [5.41, 5.74) is 2.11. The summed E-state index contributed by atoms with van der Waals surface area (Å²) in [4.78, 5) is 36.5. The molecule has 1 aromatic rings. The lowest BCUT2D eigenvalue weighted by Gasteiger charge is -2.14. The van der Waals surface area contributed by atoms with Gasteiger partial charge in [0, 0.05) is 44.8 Å². The van der Waals surface area contributed by atoms with Gasteiger partial charge in [-0.05, 0) is 20.8 Å². The standard InChI is InChI=1S/C15H23N5O3/c1-10-14(12(3)21)11(2)20(18-10)7-4-13(22)16-5-8-19-9-6-17-15(19)23/h4-9H2,1-3H3,(H,16,22)(H,17,23). The summed E-state index contributed by atoms with van der Waals surface area (Å²) in [6, 6.07) is -0.0846. The number of ketones is 1. The van der Waals surface area contributed by atoms with Crippen molar-refractivity contribution >= 4 is 17.7 Å². The van der Waals surface area contributed by atoms with Crippen LogP contribution in [0.15, 0.2) is 0 Å². The van der Waals surface area contributed by atoms with E-state index >= 15 is 0 Å². The molecule has 0 bridgehead atoms. The molecule has 126 valence electrons. The Morgan fingerprint density at radius 3 is 2.61 bits per heavy atom. The Balaban J connectivity index is 1.77. The number of aromatic nitrogens is 2. The van der Waals surface area contributed by atoms with Crippen molar-refractivity contribution in [3.05, 3.63) is 17.0 Å². The van der Waals surface area contributed by atoms with Gasteiger partial charge in [-0.15, -0.1) is 0 Å². The Labute approximate surface area is 135 Å². The third kappa shape index (κ3) is 4.08. The molecule has 2 heterocycles. The first-order valence-corrected chi connectivity index (χ1v) is 7.74. The average molecular weight is 321 g/mol. The highest BCUT2D eigenvalue weighted by molar-refractivity contribution is 5.96. The number of urea groups is 1. The van der Waals surface area contributed by atoms with Crippen molar-refractivity contribution in [3.8, 4) is 0 Å². The predicted octanol–water partition coefficient (Wildman–Crippen LogP) is 0.234. The fourth-order valence-corrected chi connectivity index (χ4v) is 2.77. The summed E-state index contributed by atoms with van der Waals surface area (Å²) < 4.78 is 1.69. The molecule has 0 atom stereocenters. The van der Waals surface area contributed by atoms with Gasteiger partial charge in [0.2, 0.25) is 5.91 Å². The van der Waals surface area contributed by atoms with Crippen LogP contribution in [0.3, 0.4) is 0 Å². The van der Waals surface area contributed by atoms with Gasteiger partial charge >= 0.3 is 6.03 Å². The molecule has 1 aliphatic rings. The summed E-state index contributed by atoms with van der Waals surface area (Å²) in [6.45, 7) is 7.84.